The molecule has 2 heterocycles. The average Bonchev–Trinajstić information content (AvgIpc) is 2.82. The van der Waals surface area contributed by atoms with Gasteiger partial charge in [-0.2, -0.15) is 0 Å². The van der Waals surface area contributed by atoms with Gasteiger partial charge in [0, 0.05) is 13.1 Å². The van der Waals surface area contributed by atoms with Gasteiger partial charge >= 0.3 is 0 Å². The molecule has 4 nitrogen and oxygen atoms in total. The van der Waals surface area contributed by atoms with E-state index in [1.807, 2.05) is 28.6 Å². The van der Waals surface area contributed by atoms with Gasteiger partial charge in [0.1, 0.15) is 0 Å². The summed E-state index contributed by atoms with van der Waals surface area (Å²) >= 11 is 1.51. The highest BCUT2D eigenvalue weighted by atomic mass is 32.2. The van der Waals surface area contributed by atoms with Crippen LogP contribution in [0.15, 0.2) is 28.6 Å². The molecule has 1 fully saturated rings. The lowest BCUT2D eigenvalue weighted by molar-refractivity contribution is 0.0752. The van der Waals surface area contributed by atoms with Crippen LogP contribution in [0.4, 0.5) is 0 Å². The van der Waals surface area contributed by atoms with Crippen molar-refractivity contribution >= 4 is 32.5 Å². The summed E-state index contributed by atoms with van der Waals surface area (Å²) in [6, 6.07) is 7.88. The Morgan fingerprint density at radius 1 is 1.29 bits per heavy atom. The minimum atomic E-state index is -1.14. The van der Waals surface area contributed by atoms with Crippen LogP contribution in [-0.4, -0.2) is 39.8 Å². The van der Waals surface area contributed by atoms with Gasteiger partial charge in [-0.3, -0.25) is 0 Å². The third-order valence-electron chi connectivity index (χ3n) is 2.63. The van der Waals surface area contributed by atoms with Crippen LogP contribution in [0.5, 0.6) is 0 Å². The number of thiazole rings is 1. The minimum absolute atomic E-state index is 0.649. The maximum absolute atomic E-state index is 12.3. The Balaban J connectivity index is 1.89. The lowest BCUT2D eigenvalue weighted by Gasteiger charge is -2.23. The van der Waals surface area contributed by atoms with Crippen molar-refractivity contribution in [1.29, 1.82) is 0 Å². The Bertz CT molecular complexity index is 516. The molecule has 90 valence electrons. The number of nitrogens with zero attached hydrogens (tertiary/aromatic N) is 2. The van der Waals surface area contributed by atoms with Crippen molar-refractivity contribution in [1.82, 2.24) is 9.29 Å². The van der Waals surface area contributed by atoms with Gasteiger partial charge in [0.25, 0.3) is 0 Å². The quantitative estimate of drug-likeness (QED) is 0.831. The number of fused-ring (bicyclic) bond motifs is 1. The van der Waals surface area contributed by atoms with Crippen molar-refractivity contribution in [2.24, 2.45) is 0 Å². The van der Waals surface area contributed by atoms with Crippen LogP contribution in [-0.2, 0) is 15.7 Å². The van der Waals surface area contributed by atoms with Crippen molar-refractivity contribution in [2.45, 2.75) is 4.34 Å². The van der Waals surface area contributed by atoms with E-state index in [0.717, 1.165) is 10.2 Å². The Hall–Kier alpha value is -0.820. The summed E-state index contributed by atoms with van der Waals surface area (Å²) in [4.78, 5) is 4.42. The second-order valence-corrected chi connectivity index (χ2v) is 6.43. The van der Waals surface area contributed by atoms with E-state index in [4.69, 9.17) is 4.74 Å². The third-order valence-corrected chi connectivity index (χ3v) is 5.36. The van der Waals surface area contributed by atoms with Gasteiger partial charge in [-0.15, -0.1) is 11.3 Å². The second kappa shape index (κ2) is 4.81. The molecule has 0 radical (unpaired) electrons. The summed E-state index contributed by atoms with van der Waals surface area (Å²) in [5.74, 6) is 0. The van der Waals surface area contributed by atoms with E-state index < -0.39 is 11.0 Å². The Labute approximate surface area is 106 Å². The predicted molar refractivity (Wildman–Crippen MR) is 68.4 cm³/mol. The molecule has 0 saturated carbocycles. The van der Waals surface area contributed by atoms with Crippen molar-refractivity contribution in [2.75, 3.05) is 26.3 Å². The fourth-order valence-corrected chi connectivity index (χ4v) is 4.19. The topological polar surface area (TPSA) is 42.4 Å². The zero-order valence-electron chi connectivity index (χ0n) is 9.17. The van der Waals surface area contributed by atoms with Crippen LogP contribution < -0.4 is 0 Å². The maximum atomic E-state index is 12.3. The molecule has 1 atom stereocenters. The molecule has 0 bridgehead atoms. The number of hydrogen-bond acceptors (Lipinski definition) is 4. The first-order valence-electron chi connectivity index (χ1n) is 5.45. The second-order valence-electron chi connectivity index (χ2n) is 3.74. The van der Waals surface area contributed by atoms with E-state index in [2.05, 4.69) is 4.98 Å². The van der Waals surface area contributed by atoms with E-state index >= 15 is 0 Å². The molecule has 0 spiro atoms. The van der Waals surface area contributed by atoms with Gasteiger partial charge in [-0.25, -0.2) is 13.5 Å². The lowest BCUT2D eigenvalue weighted by atomic mass is 10.3. The van der Waals surface area contributed by atoms with Gasteiger partial charge < -0.3 is 4.74 Å². The van der Waals surface area contributed by atoms with Crippen LogP contribution >= 0.6 is 11.3 Å². The smallest absolute Gasteiger partial charge is 0.197 e. The van der Waals surface area contributed by atoms with E-state index in [9.17, 15) is 4.21 Å². The number of benzene rings is 1. The van der Waals surface area contributed by atoms with Gasteiger partial charge in [0.15, 0.2) is 15.3 Å². The first kappa shape index (κ1) is 11.3. The van der Waals surface area contributed by atoms with Crippen molar-refractivity contribution in [3.63, 3.8) is 0 Å². The maximum Gasteiger partial charge on any atom is 0.197 e. The molecule has 0 amide bonds. The molecule has 1 aromatic carbocycles. The van der Waals surface area contributed by atoms with E-state index in [-0.39, 0.29) is 0 Å². The number of ether oxygens (including phenoxy) is 1. The average molecular weight is 268 g/mol. The first-order valence-corrected chi connectivity index (χ1v) is 7.37. The summed E-state index contributed by atoms with van der Waals surface area (Å²) in [6.45, 7) is 2.72. The van der Waals surface area contributed by atoms with Crippen LogP contribution in [0.25, 0.3) is 10.2 Å². The van der Waals surface area contributed by atoms with E-state index in [0.29, 0.717) is 30.6 Å². The van der Waals surface area contributed by atoms with Crippen LogP contribution in [0.2, 0.25) is 0 Å². The SMILES string of the molecule is O=[S@](c1nc2ccccc2s1)N1CCOCC1. The summed E-state index contributed by atoms with van der Waals surface area (Å²) in [5, 5.41) is 0. The van der Waals surface area contributed by atoms with Crippen LogP contribution in [0.1, 0.15) is 0 Å². The molecule has 0 N–H and O–H groups in total. The molecule has 0 unspecified atom stereocenters. The molecule has 3 rings (SSSR count). The zero-order chi connectivity index (χ0) is 11.7. The summed E-state index contributed by atoms with van der Waals surface area (Å²) in [5.41, 5.74) is 0.925. The molecule has 17 heavy (non-hydrogen) atoms. The molecular formula is C11H12N2O2S2. The van der Waals surface area contributed by atoms with Crippen LogP contribution in [0, 0.1) is 0 Å². The van der Waals surface area contributed by atoms with Crippen molar-refractivity contribution in [3.8, 4) is 0 Å². The predicted octanol–water partition coefficient (Wildman–Crippen LogP) is 1.65. The normalized spacial score (nSPS) is 19.5. The fraction of sp³-hybridized carbons (Fsp3) is 0.364. The van der Waals surface area contributed by atoms with Crippen molar-refractivity contribution < 1.29 is 8.95 Å². The van der Waals surface area contributed by atoms with E-state index in [1.165, 1.54) is 11.3 Å². The molecule has 2 aromatic rings. The monoisotopic (exact) mass is 268 g/mol. The van der Waals surface area contributed by atoms with Gasteiger partial charge in [-0.1, -0.05) is 12.1 Å². The molecule has 1 aromatic heterocycles. The van der Waals surface area contributed by atoms with Gasteiger partial charge in [0.05, 0.1) is 23.4 Å². The van der Waals surface area contributed by atoms with Gasteiger partial charge in [-0.05, 0) is 12.1 Å². The summed E-state index contributed by atoms with van der Waals surface area (Å²) in [7, 11) is -1.14. The number of para-hydroxylation sites is 1. The number of aromatic nitrogens is 1. The number of rotatable bonds is 2. The highest BCUT2D eigenvalue weighted by molar-refractivity contribution is 7.85. The number of morpholine rings is 1. The fourth-order valence-electron chi connectivity index (χ4n) is 1.75. The molecule has 0 aliphatic carbocycles. The van der Waals surface area contributed by atoms with Crippen molar-refractivity contribution in [3.05, 3.63) is 24.3 Å². The third kappa shape index (κ3) is 2.26. The molecule has 6 heteroatoms. The highest BCUT2D eigenvalue weighted by Crippen LogP contribution is 2.25. The summed E-state index contributed by atoms with van der Waals surface area (Å²) < 4.78 is 21.2. The summed E-state index contributed by atoms with van der Waals surface area (Å²) in [6.07, 6.45) is 0. The zero-order valence-corrected chi connectivity index (χ0v) is 10.8. The van der Waals surface area contributed by atoms with E-state index in [1.54, 1.807) is 0 Å². The Morgan fingerprint density at radius 2 is 2.06 bits per heavy atom. The highest BCUT2D eigenvalue weighted by Gasteiger charge is 2.21. The van der Waals surface area contributed by atoms with Gasteiger partial charge in [0.2, 0.25) is 0 Å². The molecule has 1 saturated heterocycles. The molecule has 1 aliphatic heterocycles. The largest absolute Gasteiger partial charge is 0.379 e. The number of hydrogen-bond donors (Lipinski definition) is 0. The standard InChI is InChI=1S/C11H12N2O2S2/c14-17(13-5-7-15-8-6-13)11-12-9-3-1-2-4-10(9)16-11/h1-4H,5-8H2/t17-/m1/s1. The van der Waals surface area contributed by atoms with Crippen LogP contribution in [0.3, 0.4) is 0 Å². The Morgan fingerprint density at radius 3 is 2.82 bits per heavy atom. The first-order chi connectivity index (χ1) is 8.34. The minimum Gasteiger partial charge on any atom is -0.379 e. The lowest BCUT2D eigenvalue weighted by Crippen LogP contribution is -2.37. The molecule has 1 aliphatic rings. The Kier molecular flexibility index (Phi) is 3.19. The molecular weight excluding hydrogens is 256 g/mol.